The number of amides is 1. The second kappa shape index (κ2) is 14.2. The van der Waals surface area contributed by atoms with Gasteiger partial charge >= 0.3 is 0 Å². The third-order valence-corrected chi connectivity index (χ3v) is 10.9. The molecule has 1 aromatic heterocycles. The SMILES string of the molecule is CCSCc1nc2cc(-c3ccc(C(=O)NS(=O)(=O)c4ccc(NCCSc5ccccc5)c([N+](=O)[O-])c4)cc3)ccc2s1. The van der Waals surface area contributed by atoms with Crippen molar-refractivity contribution in [3.63, 3.8) is 0 Å². The van der Waals surface area contributed by atoms with Crippen LogP contribution in [0.4, 0.5) is 11.4 Å². The number of sulfonamides is 1. The van der Waals surface area contributed by atoms with E-state index in [1.165, 1.54) is 24.3 Å². The van der Waals surface area contributed by atoms with Gasteiger partial charge in [-0.25, -0.2) is 18.1 Å². The van der Waals surface area contributed by atoms with Gasteiger partial charge < -0.3 is 5.32 Å². The summed E-state index contributed by atoms with van der Waals surface area (Å²) in [5, 5.41) is 15.8. The number of nitro benzene ring substituents is 1. The summed E-state index contributed by atoms with van der Waals surface area (Å²) in [6.07, 6.45) is 0. The summed E-state index contributed by atoms with van der Waals surface area (Å²) in [6.45, 7) is 2.54. The Morgan fingerprint density at radius 1 is 0.977 bits per heavy atom. The molecule has 0 aliphatic heterocycles. The van der Waals surface area contributed by atoms with Gasteiger partial charge in [-0.2, -0.15) is 11.8 Å². The lowest BCUT2D eigenvalue weighted by atomic mass is 10.0. The van der Waals surface area contributed by atoms with Crippen molar-refractivity contribution in [3.05, 3.63) is 112 Å². The highest BCUT2D eigenvalue weighted by atomic mass is 32.2. The first kappa shape index (κ1) is 31.5. The van der Waals surface area contributed by atoms with Crippen LogP contribution in [0.2, 0.25) is 0 Å². The maximum atomic E-state index is 13.0. The van der Waals surface area contributed by atoms with Crippen molar-refractivity contribution in [1.29, 1.82) is 0 Å². The zero-order valence-electron chi connectivity index (χ0n) is 23.6. The van der Waals surface area contributed by atoms with Crippen molar-refractivity contribution >= 4 is 72.4 Å². The number of hydrogen-bond acceptors (Lipinski definition) is 10. The number of nitro groups is 1. The molecule has 0 aliphatic carbocycles. The Morgan fingerprint density at radius 2 is 1.73 bits per heavy atom. The first-order valence-electron chi connectivity index (χ1n) is 13.6. The molecular formula is C31H28N4O5S4. The standard InChI is InChI=1S/C31H28N4O5S4/c1-2-41-20-30-33-27-18-23(12-15-29(27)43-30)21-8-10-22(11-9-21)31(36)34-44(39,40)25-13-14-26(28(19-25)35(37)38)32-16-17-42-24-6-4-3-5-7-24/h3-15,18-19,32H,2,16-17,20H2,1H3,(H,34,36). The van der Waals surface area contributed by atoms with Gasteiger partial charge in [-0.05, 0) is 65.4 Å². The highest BCUT2D eigenvalue weighted by Crippen LogP contribution is 2.31. The highest BCUT2D eigenvalue weighted by Gasteiger charge is 2.24. The quantitative estimate of drug-likeness (QED) is 0.0570. The largest absolute Gasteiger partial charge is 0.379 e. The number of fused-ring (bicyclic) bond motifs is 1. The van der Waals surface area contributed by atoms with E-state index in [2.05, 4.69) is 12.2 Å². The van der Waals surface area contributed by atoms with Gasteiger partial charge in [0.2, 0.25) is 0 Å². The Morgan fingerprint density at radius 3 is 2.45 bits per heavy atom. The van der Waals surface area contributed by atoms with E-state index in [1.807, 2.05) is 65.0 Å². The maximum absolute atomic E-state index is 13.0. The molecule has 226 valence electrons. The minimum atomic E-state index is -4.38. The molecule has 2 N–H and O–H groups in total. The number of hydrogen-bond donors (Lipinski definition) is 2. The Labute approximate surface area is 267 Å². The van der Waals surface area contributed by atoms with Crippen molar-refractivity contribution < 1.29 is 18.1 Å². The van der Waals surface area contributed by atoms with E-state index >= 15 is 0 Å². The summed E-state index contributed by atoms with van der Waals surface area (Å²) >= 11 is 5.09. The zero-order chi connectivity index (χ0) is 31.1. The monoisotopic (exact) mass is 664 g/mol. The summed E-state index contributed by atoms with van der Waals surface area (Å²) in [4.78, 5) is 29.4. The number of thioether (sulfide) groups is 2. The Bertz CT molecular complexity index is 1900. The molecule has 0 fully saturated rings. The smallest absolute Gasteiger partial charge is 0.293 e. The Kier molecular flexibility index (Phi) is 10.2. The lowest BCUT2D eigenvalue weighted by Crippen LogP contribution is -2.30. The number of nitrogens with zero attached hydrogens (tertiary/aromatic N) is 2. The molecule has 9 nitrogen and oxygen atoms in total. The topological polar surface area (TPSA) is 131 Å². The summed E-state index contributed by atoms with van der Waals surface area (Å²) in [5.41, 5.74) is 2.61. The van der Waals surface area contributed by atoms with Crippen molar-refractivity contribution in [3.8, 4) is 11.1 Å². The molecule has 1 amide bonds. The lowest BCUT2D eigenvalue weighted by Gasteiger charge is -2.11. The fourth-order valence-corrected chi connectivity index (χ4v) is 7.77. The number of nitrogens with one attached hydrogen (secondary N) is 2. The molecule has 1 heterocycles. The van der Waals surface area contributed by atoms with Crippen LogP contribution in [0.25, 0.3) is 21.3 Å². The van der Waals surface area contributed by atoms with Crippen molar-refractivity contribution in [2.75, 3.05) is 23.4 Å². The van der Waals surface area contributed by atoms with Gasteiger partial charge in [0.25, 0.3) is 21.6 Å². The predicted octanol–water partition coefficient (Wildman–Crippen LogP) is 7.45. The molecule has 0 unspecified atom stereocenters. The Hall–Kier alpha value is -3.91. The molecule has 0 saturated heterocycles. The van der Waals surface area contributed by atoms with Gasteiger partial charge in [-0.15, -0.1) is 23.1 Å². The summed E-state index contributed by atoms with van der Waals surface area (Å²) in [5.74, 6) is 1.71. The molecule has 44 heavy (non-hydrogen) atoms. The van der Waals surface area contributed by atoms with Crippen LogP contribution in [0.15, 0.2) is 101 Å². The normalized spacial score (nSPS) is 11.4. The molecule has 0 atom stereocenters. The fourth-order valence-electron chi connectivity index (χ4n) is 4.31. The van der Waals surface area contributed by atoms with Gasteiger partial charge in [-0.1, -0.05) is 43.3 Å². The molecule has 5 aromatic rings. The van der Waals surface area contributed by atoms with Crippen LogP contribution in [0.1, 0.15) is 22.3 Å². The predicted molar refractivity (Wildman–Crippen MR) is 180 cm³/mol. The number of aromatic nitrogens is 1. The van der Waals surface area contributed by atoms with Gasteiger partial charge in [0.15, 0.2) is 0 Å². The first-order chi connectivity index (χ1) is 21.2. The van der Waals surface area contributed by atoms with E-state index in [0.29, 0.717) is 12.3 Å². The third kappa shape index (κ3) is 7.78. The van der Waals surface area contributed by atoms with Gasteiger partial charge in [-0.3, -0.25) is 14.9 Å². The third-order valence-electron chi connectivity index (χ3n) is 6.47. The summed E-state index contributed by atoms with van der Waals surface area (Å²) in [7, 11) is -4.38. The summed E-state index contributed by atoms with van der Waals surface area (Å²) < 4.78 is 29.2. The fraction of sp³-hybridized carbons (Fsp3) is 0.161. The van der Waals surface area contributed by atoms with E-state index < -0.39 is 26.5 Å². The van der Waals surface area contributed by atoms with Crippen LogP contribution in [-0.4, -0.2) is 42.3 Å². The van der Waals surface area contributed by atoms with Crippen molar-refractivity contribution in [2.45, 2.75) is 22.5 Å². The molecule has 0 radical (unpaired) electrons. The average molecular weight is 665 g/mol. The molecule has 0 saturated carbocycles. The number of carbonyl (C=O) groups excluding carboxylic acids is 1. The van der Waals surface area contributed by atoms with Crippen LogP contribution in [0.5, 0.6) is 0 Å². The second-order valence-corrected chi connectivity index (χ2v) is 14.7. The van der Waals surface area contributed by atoms with Crippen molar-refractivity contribution in [1.82, 2.24) is 9.71 Å². The molecule has 0 aliphatic rings. The van der Waals surface area contributed by atoms with Crippen LogP contribution >= 0.6 is 34.9 Å². The minimum absolute atomic E-state index is 0.134. The number of thiazole rings is 1. The number of rotatable bonds is 13. The second-order valence-electron chi connectivity index (χ2n) is 9.46. The van der Waals surface area contributed by atoms with Crippen LogP contribution < -0.4 is 10.0 Å². The van der Waals surface area contributed by atoms with Gasteiger partial charge in [0.1, 0.15) is 10.7 Å². The molecule has 13 heteroatoms. The molecule has 0 spiro atoms. The van der Waals surface area contributed by atoms with E-state index in [1.54, 1.807) is 35.2 Å². The first-order valence-corrected chi connectivity index (χ1v) is 18.0. The van der Waals surface area contributed by atoms with Crippen LogP contribution in [0.3, 0.4) is 0 Å². The van der Waals surface area contributed by atoms with Crippen LogP contribution in [0, 0.1) is 10.1 Å². The maximum Gasteiger partial charge on any atom is 0.293 e. The number of benzene rings is 4. The number of carbonyl (C=O) groups is 1. The van der Waals surface area contributed by atoms with Gasteiger partial charge in [0.05, 0.1) is 20.0 Å². The van der Waals surface area contributed by atoms with E-state index in [-0.39, 0.29) is 16.1 Å². The average Bonchev–Trinajstić information content (AvgIpc) is 3.44. The van der Waals surface area contributed by atoms with E-state index in [9.17, 15) is 23.3 Å². The van der Waals surface area contributed by atoms with Gasteiger partial charge in [0, 0.05) is 34.6 Å². The van der Waals surface area contributed by atoms with Crippen molar-refractivity contribution in [2.24, 2.45) is 0 Å². The molecule has 4 aromatic carbocycles. The lowest BCUT2D eigenvalue weighted by molar-refractivity contribution is -0.384. The van der Waals surface area contributed by atoms with E-state index in [4.69, 9.17) is 4.98 Å². The molecule has 5 rings (SSSR count). The Balaban J connectivity index is 1.24. The molecular weight excluding hydrogens is 637 g/mol. The minimum Gasteiger partial charge on any atom is -0.379 e. The van der Waals surface area contributed by atoms with Crippen LogP contribution in [-0.2, 0) is 15.8 Å². The van der Waals surface area contributed by atoms with E-state index in [0.717, 1.165) is 48.8 Å². The highest BCUT2D eigenvalue weighted by molar-refractivity contribution is 7.99. The number of anilines is 1. The molecule has 0 bridgehead atoms. The summed E-state index contributed by atoms with van der Waals surface area (Å²) in [6, 6.07) is 25.8. The zero-order valence-corrected chi connectivity index (χ0v) is 26.8.